The Morgan fingerprint density at radius 1 is 1.03 bits per heavy atom. The topological polar surface area (TPSA) is 146 Å². The molecule has 3 aromatic rings. The summed E-state index contributed by atoms with van der Waals surface area (Å²) in [4.78, 5) is 39.8. The van der Waals surface area contributed by atoms with E-state index in [-0.39, 0.29) is 42.7 Å². The third kappa shape index (κ3) is 4.86. The van der Waals surface area contributed by atoms with Crippen molar-refractivity contribution in [3.63, 3.8) is 0 Å². The van der Waals surface area contributed by atoms with Gasteiger partial charge < -0.3 is 15.2 Å². The molecule has 2 amide bonds. The summed E-state index contributed by atoms with van der Waals surface area (Å²) in [5, 5.41) is 20.6. The SMILES string of the molecule is O=C(O)C[C@H]1CC[C@@H](NC(=O)c2nc(NC(=O)OCC3c4ccccc4-c4ccccc43)n[nH]2)C1. The predicted molar refractivity (Wildman–Crippen MR) is 126 cm³/mol. The Kier molecular flexibility index (Phi) is 6.17. The second kappa shape index (κ2) is 9.57. The highest BCUT2D eigenvalue weighted by Crippen LogP contribution is 2.44. The molecule has 0 unspecified atom stereocenters. The lowest BCUT2D eigenvalue weighted by Crippen LogP contribution is -2.33. The molecule has 0 aliphatic heterocycles. The molecular formula is C25H25N5O5. The monoisotopic (exact) mass is 475 g/mol. The number of carbonyl (C=O) groups is 3. The van der Waals surface area contributed by atoms with Gasteiger partial charge in [-0.05, 0) is 47.4 Å². The first-order chi connectivity index (χ1) is 17.0. The second-order valence-corrected chi connectivity index (χ2v) is 8.91. The van der Waals surface area contributed by atoms with Gasteiger partial charge in [0.1, 0.15) is 6.61 Å². The number of anilines is 1. The molecule has 0 saturated heterocycles. The number of aromatic amines is 1. The van der Waals surface area contributed by atoms with Crippen LogP contribution in [0.2, 0.25) is 0 Å². The smallest absolute Gasteiger partial charge is 0.414 e. The minimum absolute atomic E-state index is 0.0411. The fraction of sp³-hybridized carbons (Fsp3) is 0.320. The zero-order valence-electron chi connectivity index (χ0n) is 18.9. The van der Waals surface area contributed by atoms with Crippen LogP contribution in [-0.4, -0.2) is 50.9 Å². The van der Waals surface area contributed by atoms with E-state index in [1.54, 1.807) is 0 Å². The fourth-order valence-electron chi connectivity index (χ4n) is 5.04. The molecular weight excluding hydrogens is 450 g/mol. The highest BCUT2D eigenvalue weighted by atomic mass is 16.5. The maximum Gasteiger partial charge on any atom is 0.414 e. The summed E-state index contributed by atoms with van der Waals surface area (Å²) in [5.74, 6) is -1.42. The molecule has 1 saturated carbocycles. The van der Waals surface area contributed by atoms with E-state index < -0.39 is 18.0 Å². The molecule has 0 bridgehead atoms. The molecule has 0 spiro atoms. The van der Waals surface area contributed by atoms with E-state index in [0.717, 1.165) is 28.7 Å². The minimum Gasteiger partial charge on any atom is -0.481 e. The average molecular weight is 476 g/mol. The average Bonchev–Trinajstić information content (AvgIpc) is 3.55. The fourth-order valence-corrected chi connectivity index (χ4v) is 5.04. The highest BCUT2D eigenvalue weighted by Gasteiger charge is 2.30. The molecule has 4 N–H and O–H groups in total. The molecule has 10 heteroatoms. The maximum atomic E-state index is 12.5. The number of hydrogen-bond acceptors (Lipinski definition) is 6. The van der Waals surface area contributed by atoms with E-state index in [1.807, 2.05) is 36.4 Å². The van der Waals surface area contributed by atoms with Crippen molar-refractivity contribution in [2.45, 2.75) is 37.6 Å². The number of aliphatic carboxylic acids is 1. The van der Waals surface area contributed by atoms with E-state index in [2.05, 4.69) is 37.9 Å². The Hall–Kier alpha value is -4.21. The Balaban J connectivity index is 1.15. The van der Waals surface area contributed by atoms with Crippen molar-refractivity contribution in [2.75, 3.05) is 11.9 Å². The standard InChI is InChI=1S/C25H25N5O5/c31-21(32)12-14-9-10-15(11-14)26-23(33)22-27-24(30-29-22)28-25(34)35-13-20-18-7-3-1-5-16(18)17-6-2-4-8-19(17)20/h1-8,14-15,20H,9-13H2,(H,26,33)(H,31,32)(H2,27,28,29,30,34)/t14-,15+/m0/s1. The quantitative estimate of drug-likeness (QED) is 0.409. The first-order valence-corrected chi connectivity index (χ1v) is 11.5. The number of hydrogen-bond donors (Lipinski definition) is 4. The maximum absolute atomic E-state index is 12.5. The number of fused-ring (bicyclic) bond motifs is 3. The van der Waals surface area contributed by atoms with Gasteiger partial charge in [-0.15, -0.1) is 5.10 Å². The summed E-state index contributed by atoms with van der Waals surface area (Å²) < 4.78 is 5.47. The zero-order valence-corrected chi connectivity index (χ0v) is 18.9. The number of carboxylic acids is 1. The first-order valence-electron chi connectivity index (χ1n) is 11.5. The van der Waals surface area contributed by atoms with Gasteiger partial charge in [0.25, 0.3) is 11.9 Å². The summed E-state index contributed by atoms with van der Waals surface area (Å²) in [7, 11) is 0. The van der Waals surface area contributed by atoms with Crippen LogP contribution in [0.25, 0.3) is 11.1 Å². The summed E-state index contributed by atoms with van der Waals surface area (Å²) >= 11 is 0. The number of rotatable bonds is 7. The predicted octanol–water partition coefficient (Wildman–Crippen LogP) is 3.54. The van der Waals surface area contributed by atoms with Gasteiger partial charge in [-0.3, -0.25) is 20.0 Å². The Bertz CT molecular complexity index is 1230. The molecule has 2 aromatic carbocycles. The van der Waals surface area contributed by atoms with Crippen molar-refractivity contribution < 1.29 is 24.2 Å². The lowest BCUT2D eigenvalue weighted by Gasteiger charge is -2.13. The zero-order chi connectivity index (χ0) is 24.4. The van der Waals surface area contributed by atoms with Crippen molar-refractivity contribution in [1.82, 2.24) is 20.5 Å². The van der Waals surface area contributed by atoms with Crippen LogP contribution in [0.1, 0.15) is 53.3 Å². The number of H-pyrrole nitrogens is 1. The Morgan fingerprint density at radius 3 is 2.40 bits per heavy atom. The third-order valence-corrected chi connectivity index (χ3v) is 6.60. The molecule has 180 valence electrons. The van der Waals surface area contributed by atoms with Crippen LogP contribution in [0, 0.1) is 5.92 Å². The van der Waals surface area contributed by atoms with Gasteiger partial charge in [-0.2, -0.15) is 4.98 Å². The van der Waals surface area contributed by atoms with E-state index in [9.17, 15) is 14.4 Å². The first kappa shape index (κ1) is 22.6. The number of ether oxygens (including phenoxy) is 1. The van der Waals surface area contributed by atoms with Crippen LogP contribution in [0.4, 0.5) is 10.7 Å². The lowest BCUT2D eigenvalue weighted by atomic mass is 9.98. The van der Waals surface area contributed by atoms with Crippen molar-refractivity contribution in [1.29, 1.82) is 0 Å². The normalized spacial score (nSPS) is 18.5. The molecule has 35 heavy (non-hydrogen) atoms. The van der Waals surface area contributed by atoms with Crippen LogP contribution < -0.4 is 10.6 Å². The Labute approximate surface area is 201 Å². The number of nitrogens with zero attached hydrogens (tertiary/aromatic N) is 2. The number of amides is 2. The molecule has 1 aromatic heterocycles. The summed E-state index contributed by atoms with van der Waals surface area (Å²) in [6.45, 7) is 0.150. The summed E-state index contributed by atoms with van der Waals surface area (Å²) in [5.41, 5.74) is 4.49. The number of carbonyl (C=O) groups excluding carboxylic acids is 2. The molecule has 2 atom stereocenters. The van der Waals surface area contributed by atoms with E-state index in [1.165, 1.54) is 0 Å². The third-order valence-electron chi connectivity index (χ3n) is 6.60. The summed E-state index contributed by atoms with van der Waals surface area (Å²) in [6, 6.07) is 16.0. The molecule has 1 heterocycles. The lowest BCUT2D eigenvalue weighted by molar-refractivity contribution is -0.138. The Morgan fingerprint density at radius 2 is 1.71 bits per heavy atom. The summed E-state index contributed by atoms with van der Waals surface area (Å²) in [6.07, 6.45) is 1.45. The van der Waals surface area contributed by atoms with Gasteiger partial charge in [0.05, 0.1) is 0 Å². The number of carboxylic acid groups (broad SMARTS) is 1. The number of aromatic nitrogens is 3. The molecule has 2 aliphatic carbocycles. The molecule has 0 radical (unpaired) electrons. The highest BCUT2D eigenvalue weighted by molar-refractivity contribution is 5.91. The number of nitrogens with one attached hydrogen (secondary N) is 3. The minimum atomic E-state index is -0.832. The van der Waals surface area contributed by atoms with Crippen molar-refractivity contribution in [2.24, 2.45) is 5.92 Å². The van der Waals surface area contributed by atoms with Crippen molar-refractivity contribution in [3.05, 3.63) is 65.5 Å². The largest absolute Gasteiger partial charge is 0.481 e. The molecule has 10 nitrogen and oxygen atoms in total. The van der Waals surface area contributed by atoms with Crippen LogP contribution in [0.5, 0.6) is 0 Å². The van der Waals surface area contributed by atoms with Crippen LogP contribution in [0.3, 0.4) is 0 Å². The van der Waals surface area contributed by atoms with E-state index in [4.69, 9.17) is 9.84 Å². The number of benzene rings is 2. The van der Waals surface area contributed by atoms with Crippen molar-refractivity contribution in [3.8, 4) is 11.1 Å². The van der Waals surface area contributed by atoms with Crippen molar-refractivity contribution >= 4 is 23.9 Å². The van der Waals surface area contributed by atoms with Gasteiger partial charge >= 0.3 is 12.1 Å². The van der Waals surface area contributed by atoms with E-state index in [0.29, 0.717) is 12.8 Å². The van der Waals surface area contributed by atoms with Crippen LogP contribution in [-0.2, 0) is 9.53 Å². The van der Waals surface area contributed by atoms with Gasteiger partial charge in [0, 0.05) is 18.4 Å². The molecule has 1 fully saturated rings. The van der Waals surface area contributed by atoms with Gasteiger partial charge in [-0.25, -0.2) is 4.79 Å². The second-order valence-electron chi connectivity index (χ2n) is 8.91. The van der Waals surface area contributed by atoms with E-state index >= 15 is 0 Å². The van der Waals surface area contributed by atoms with Gasteiger partial charge in [0.2, 0.25) is 5.82 Å². The van der Waals surface area contributed by atoms with Gasteiger partial charge in [0.15, 0.2) is 0 Å². The molecule has 5 rings (SSSR count). The molecule has 2 aliphatic rings. The van der Waals surface area contributed by atoms with Crippen LogP contribution in [0.15, 0.2) is 48.5 Å². The van der Waals surface area contributed by atoms with Gasteiger partial charge in [-0.1, -0.05) is 48.5 Å². The van der Waals surface area contributed by atoms with Crippen LogP contribution >= 0.6 is 0 Å².